The van der Waals surface area contributed by atoms with Crippen LogP contribution in [0, 0.1) is 6.92 Å². The zero-order chi connectivity index (χ0) is 18.8. The third-order valence-corrected chi connectivity index (χ3v) is 4.52. The van der Waals surface area contributed by atoms with Gasteiger partial charge in [-0.2, -0.15) is 0 Å². The van der Waals surface area contributed by atoms with Crippen molar-refractivity contribution in [1.29, 1.82) is 0 Å². The van der Waals surface area contributed by atoms with Crippen molar-refractivity contribution >= 4 is 5.91 Å². The lowest BCUT2D eigenvalue weighted by atomic mass is 10.0. The molecule has 27 heavy (non-hydrogen) atoms. The van der Waals surface area contributed by atoms with Gasteiger partial charge in [0.15, 0.2) is 11.5 Å². The molecular weight excluding hydrogens is 342 g/mol. The normalized spacial score (nSPS) is 13.4. The summed E-state index contributed by atoms with van der Waals surface area (Å²) in [7, 11) is 0. The number of phenolic OH excluding ortho intramolecular Hbond substituents is 1. The third-order valence-electron chi connectivity index (χ3n) is 4.52. The number of benzene rings is 1. The summed E-state index contributed by atoms with van der Waals surface area (Å²) < 4.78 is 5.73. The Hall–Kier alpha value is -3.41. The van der Waals surface area contributed by atoms with E-state index in [2.05, 4.69) is 9.97 Å². The molecule has 3 aromatic rings. The quantitative estimate of drug-likeness (QED) is 0.759. The zero-order valence-corrected chi connectivity index (χ0v) is 14.9. The lowest BCUT2D eigenvalue weighted by Gasteiger charge is -2.20. The Morgan fingerprint density at radius 1 is 1.15 bits per heavy atom. The first kappa shape index (κ1) is 17.0. The van der Waals surface area contributed by atoms with Crippen LogP contribution in [-0.4, -0.2) is 39.0 Å². The van der Waals surface area contributed by atoms with Gasteiger partial charge < -0.3 is 14.7 Å². The third kappa shape index (κ3) is 3.46. The number of phenols is 1. The molecule has 0 unspecified atom stereocenters. The van der Waals surface area contributed by atoms with Gasteiger partial charge in [-0.05, 0) is 42.3 Å². The minimum Gasteiger partial charge on any atom is -0.504 e. The van der Waals surface area contributed by atoms with Gasteiger partial charge in [0.25, 0.3) is 5.91 Å². The van der Waals surface area contributed by atoms with Crippen LogP contribution >= 0.6 is 0 Å². The molecule has 0 atom stereocenters. The maximum absolute atomic E-state index is 12.9. The van der Waals surface area contributed by atoms with Crippen LogP contribution in [0.5, 0.6) is 11.5 Å². The fourth-order valence-electron chi connectivity index (χ4n) is 3.23. The first-order chi connectivity index (χ1) is 13.1. The maximum Gasteiger partial charge on any atom is 0.255 e. The molecule has 136 valence electrons. The highest BCUT2D eigenvalue weighted by molar-refractivity contribution is 5.94. The van der Waals surface area contributed by atoms with E-state index in [1.54, 1.807) is 35.8 Å². The second-order valence-electron chi connectivity index (χ2n) is 6.55. The van der Waals surface area contributed by atoms with E-state index >= 15 is 0 Å². The number of pyridine rings is 2. The summed E-state index contributed by atoms with van der Waals surface area (Å²) in [6, 6.07) is 9.19. The smallest absolute Gasteiger partial charge is 0.255 e. The molecule has 1 aliphatic heterocycles. The number of rotatable bonds is 2. The van der Waals surface area contributed by atoms with Gasteiger partial charge in [-0.3, -0.25) is 14.8 Å². The van der Waals surface area contributed by atoms with E-state index in [-0.39, 0.29) is 11.7 Å². The van der Waals surface area contributed by atoms with Gasteiger partial charge >= 0.3 is 0 Å². The Kier molecular flexibility index (Phi) is 4.46. The average Bonchev–Trinajstić information content (AvgIpc) is 2.91. The molecule has 1 aromatic carbocycles. The van der Waals surface area contributed by atoms with E-state index in [0.717, 1.165) is 22.3 Å². The Balaban J connectivity index is 1.69. The maximum atomic E-state index is 12.9. The van der Waals surface area contributed by atoms with Gasteiger partial charge in [0.1, 0.15) is 6.61 Å². The van der Waals surface area contributed by atoms with E-state index in [4.69, 9.17) is 4.74 Å². The molecule has 6 heteroatoms. The summed E-state index contributed by atoms with van der Waals surface area (Å²) in [6.45, 7) is 3.01. The molecule has 6 nitrogen and oxygen atoms in total. The number of nitrogens with zero attached hydrogens (tertiary/aromatic N) is 3. The van der Waals surface area contributed by atoms with Crippen LogP contribution in [-0.2, 0) is 6.54 Å². The molecule has 3 heterocycles. The number of aromatic hydroxyl groups is 1. The predicted octanol–water partition coefficient (Wildman–Crippen LogP) is 3.19. The molecule has 0 aliphatic carbocycles. The van der Waals surface area contributed by atoms with E-state index < -0.39 is 0 Å². The van der Waals surface area contributed by atoms with Crippen molar-refractivity contribution in [3.63, 3.8) is 0 Å². The van der Waals surface area contributed by atoms with Crippen molar-refractivity contribution in [2.75, 3.05) is 13.2 Å². The second kappa shape index (κ2) is 7.07. The van der Waals surface area contributed by atoms with Gasteiger partial charge in [-0.1, -0.05) is 6.07 Å². The zero-order valence-electron chi connectivity index (χ0n) is 14.9. The van der Waals surface area contributed by atoms with Gasteiger partial charge in [-0.25, -0.2) is 0 Å². The van der Waals surface area contributed by atoms with Crippen molar-refractivity contribution in [1.82, 2.24) is 14.9 Å². The molecule has 0 spiro atoms. The highest BCUT2D eigenvalue weighted by Gasteiger charge is 2.24. The van der Waals surface area contributed by atoms with Crippen LogP contribution in [0.2, 0.25) is 0 Å². The first-order valence-electron chi connectivity index (χ1n) is 8.72. The summed E-state index contributed by atoms with van der Waals surface area (Å²) in [4.78, 5) is 22.9. The fraction of sp³-hybridized carbons (Fsp3) is 0.190. The van der Waals surface area contributed by atoms with Crippen LogP contribution in [0.4, 0.5) is 0 Å². The number of fused-ring (bicyclic) bond motifs is 1. The van der Waals surface area contributed by atoms with E-state index in [0.29, 0.717) is 31.0 Å². The van der Waals surface area contributed by atoms with Crippen LogP contribution in [0.15, 0.2) is 55.1 Å². The summed E-state index contributed by atoms with van der Waals surface area (Å²) in [6.07, 6.45) is 6.73. The largest absolute Gasteiger partial charge is 0.504 e. The molecule has 2 aromatic heterocycles. The molecule has 0 fully saturated rings. The number of aromatic nitrogens is 2. The molecule has 0 saturated carbocycles. The number of amides is 1. The standard InChI is InChI=1S/C21H19N3O3/c1-14-7-17(12-23-10-14)21(26)24-5-6-27-20-18(13-24)8-16(9-19(20)25)15-3-2-4-22-11-15/h2-4,7-12,25H,5-6,13H2,1H3. The van der Waals surface area contributed by atoms with Crippen LogP contribution < -0.4 is 4.74 Å². The van der Waals surface area contributed by atoms with Crippen molar-refractivity contribution < 1.29 is 14.6 Å². The number of aryl methyl sites for hydroxylation is 1. The molecule has 1 N–H and O–H groups in total. The lowest BCUT2D eigenvalue weighted by Crippen LogP contribution is -2.32. The molecule has 0 saturated heterocycles. The summed E-state index contributed by atoms with van der Waals surface area (Å²) in [5.41, 5.74) is 3.96. The second-order valence-corrected chi connectivity index (χ2v) is 6.55. The summed E-state index contributed by atoms with van der Waals surface area (Å²) in [5.74, 6) is 0.395. The predicted molar refractivity (Wildman–Crippen MR) is 101 cm³/mol. The molecule has 0 bridgehead atoms. The highest BCUT2D eigenvalue weighted by Crippen LogP contribution is 2.37. The number of hydrogen-bond donors (Lipinski definition) is 1. The molecule has 1 aliphatic rings. The van der Waals surface area contributed by atoms with Crippen LogP contribution in [0.25, 0.3) is 11.1 Å². The Morgan fingerprint density at radius 2 is 2.04 bits per heavy atom. The van der Waals surface area contributed by atoms with Gasteiger partial charge in [0, 0.05) is 42.5 Å². The van der Waals surface area contributed by atoms with Crippen molar-refractivity contribution in [2.24, 2.45) is 0 Å². The minimum atomic E-state index is -0.103. The molecular formula is C21H19N3O3. The summed E-state index contributed by atoms with van der Waals surface area (Å²) in [5, 5.41) is 10.4. The SMILES string of the molecule is Cc1cncc(C(=O)N2CCOc3c(O)cc(-c4cccnc4)cc3C2)c1. The molecule has 0 radical (unpaired) electrons. The van der Waals surface area contributed by atoms with E-state index in [1.165, 1.54) is 0 Å². The first-order valence-corrected chi connectivity index (χ1v) is 8.72. The average molecular weight is 361 g/mol. The highest BCUT2D eigenvalue weighted by atomic mass is 16.5. The monoisotopic (exact) mass is 361 g/mol. The number of hydrogen-bond acceptors (Lipinski definition) is 5. The summed E-state index contributed by atoms with van der Waals surface area (Å²) >= 11 is 0. The van der Waals surface area contributed by atoms with Crippen molar-refractivity contribution in [3.8, 4) is 22.6 Å². The van der Waals surface area contributed by atoms with Crippen LogP contribution in [0.1, 0.15) is 21.5 Å². The lowest BCUT2D eigenvalue weighted by molar-refractivity contribution is 0.0732. The van der Waals surface area contributed by atoms with Gasteiger partial charge in [-0.15, -0.1) is 0 Å². The number of carbonyl (C=O) groups is 1. The van der Waals surface area contributed by atoms with E-state index in [1.807, 2.05) is 31.2 Å². The van der Waals surface area contributed by atoms with E-state index in [9.17, 15) is 9.90 Å². The van der Waals surface area contributed by atoms with Crippen LogP contribution in [0.3, 0.4) is 0 Å². The van der Waals surface area contributed by atoms with Gasteiger partial charge in [0.05, 0.1) is 12.1 Å². The Morgan fingerprint density at radius 3 is 2.81 bits per heavy atom. The number of ether oxygens (including phenoxy) is 1. The van der Waals surface area contributed by atoms with Gasteiger partial charge in [0.2, 0.25) is 0 Å². The fourth-order valence-corrected chi connectivity index (χ4v) is 3.23. The molecule has 1 amide bonds. The Bertz CT molecular complexity index is 989. The van der Waals surface area contributed by atoms with Crippen molar-refractivity contribution in [2.45, 2.75) is 13.5 Å². The Labute approximate surface area is 157 Å². The topological polar surface area (TPSA) is 75.6 Å². The minimum absolute atomic E-state index is 0.0675. The van der Waals surface area contributed by atoms with Crippen molar-refractivity contribution in [3.05, 3.63) is 71.8 Å². The number of carbonyl (C=O) groups excluding carboxylic acids is 1. The molecule has 4 rings (SSSR count).